The lowest BCUT2D eigenvalue weighted by atomic mass is 10.1. The lowest BCUT2D eigenvalue weighted by Crippen LogP contribution is -2.37. The molecule has 0 radical (unpaired) electrons. The summed E-state index contributed by atoms with van der Waals surface area (Å²) in [7, 11) is 0. The molecule has 3 aromatic rings. The standard InChI is InChI=1S/C29H21N3O7S/c1-16-4-2-3-5-21(16)32-26(34)19-8-7-18(14-20(19)27(32)35)25(33)30-10-11-31-28(36)24(40-29(31)37)13-17-6-9-22-23(12-17)39-15-38-22/h2-9,12-14H,10-11,15H2,1H3,(H,30,33). The predicted molar refractivity (Wildman–Crippen MR) is 146 cm³/mol. The molecule has 3 aliphatic rings. The number of hydrogen-bond donors (Lipinski definition) is 1. The molecule has 0 unspecified atom stereocenters. The van der Waals surface area contributed by atoms with Gasteiger partial charge in [-0.05, 0) is 72.3 Å². The van der Waals surface area contributed by atoms with Crippen LogP contribution in [0.4, 0.5) is 10.5 Å². The smallest absolute Gasteiger partial charge is 0.293 e. The molecule has 6 rings (SSSR count). The van der Waals surface area contributed by atoms with Gasteiger partial charge in [0.15, 0.2) is 11.5 Å². The van der Waals surface area contributed by atoms with Gasteiger partial charge < -0.3 is 14.8 Å². The number of carbonyl (C=O) groups excluding carboxylic acids is 5. The average Bonchev–Trinajstić information content (AvgIpc) is 3.59. The fourth-order valence-electron chi connectivity index (χ4n) is 4.65. The van der Waals surface area contributed by atoms with Gasteiger partial charge in [-0.3, -0.25) is 28.9 Å². The van der Waals surface area contributed by atoms with Crippen molar-refractivity contribution in [3.63, 3.8) is 0 Å². The number of ether oxygens (including phenoxy) is 2. The van der Waals surface area contributed by atoms with E-state index in [0.717, 1.165) is 27.1 Å². The number of nitrogens with zero attached hydrogens (tertiary/aromatic N) is 2. The lowest BCUT2D eigenvalue weighted by Gasteiger charge is -2.16. The molecule has 1 fully saturated rings. The SMILES string of the molecule is Cc1ccccc1N1C(=O)c2ccc(C(=O)NCCN3C(=O)SC(=Cc4ccc5c(c4)OCO5)C3=O)cc2C1=O. The van der Waals surface area contributed by atoms with Crippen LogP contribution in [-0.2, 0) is 4.79 Å². The van der Waals surface area contributed by atoms with E-state index in [0.29, 0.717) is 22.7 Å². The minimum atomic E-state index is -0.504. The number of hydrogen-bond acceptors (Lipinski definition) is 8. The molecule has 1 saturated heterocycles. The Kier molecular flexibility index (Phi) is 6.35. The number of nitrogens with one attached hydrogen (secondary N) is 1. The van der Waals surface area contributed by atoms with E-state index in [1.165, 1.54) is 18.2 Å². The van der Waals surface area contributed by atoms with Crippen LogP contribution in [0.3, 0.4) is 0 Å². The van der Waals surface area contributed by atoms with Gasteiger partial charge in [-0.15, -0.1) is 0 Å². The second kappa shape index (κ2) is 10.0. The quantitative estimate of drug-likeness (QED) is 0.358. The van der Waals surface area contributed by atoms with Crippen molar-refractivity contribution in [2.24, 2.45) is 0 Å². The van der Waals surface area contributed by atoms with Crippen LogP contribution in [-0.4, -0.2) is 53.7 Å². The summed E-state index contributed by atoms with van der Waals surface area (Å²) in [6, 6.07) is 16.6. The Morgan fingerprint density at radius 1 is 0.925 bits per heavy atom. The molecule has 0 aliphatic carbocycles. The second-order valence-electron chi connectivity index (χ2n) is 9.19. The lowest BCUT2D eigenvalue weighted by molar-refractivity contribution is -0.122. The maximum Gasteiger partial charge on any atom is 0.293 e. The number of imide groups is 2. The van der Waals surface area contributed by atoms with E-state index in [9.17, 15) is 24.0 Å². The fourth-order valence-corrected chi connectivity index (χ4v) is 5.51. The minimum Gasteiger partial charge on any atom is -0.454 e. The highest BCUT2D eigenvalue weighted by molar-refractivity contribution is 8.18. The van der Waals surface area contributed by atoms with Crippen molar-refractivity contribution in [1.82, 2.24) is 10.2 Å². The van der Waals surface area contributed by atoms with Gasteiger partial charge in [-0.25, -0.2) is 4.90 Å². The maximum absolute atomic E-state index is 13.1. The first-order chi connectivity index (χ1) is 19.3. The number of carbonyl (C=O) groups is 5. The predicted octanol–water partition coefficient (Wildman–Crippen LogP) is 3.99. The molecule has 0 saturated carbocycles. The van der Waals surface area contributed by atoms with Crippen LogP contribution in [0, 0.1) is 6.92 Å². The van der Waals surface area contributed by atoms with Crippen molar-refractivity contribution in [2.45, 2.75) is 6.92 Å². The number of aryl methyl sites for hydroxylation is 1. The number of benzene rings is 3. The zero-order chi connectivity index (χ0) is 28.0. The van der Waals surface area contributed by atoms with Crippen molar-refractivity contribution in [3.8, 4) is 11.5 Å². The van der Waals surface area contributed by atoms with Crippen LogP contribution >= 0.6 is 11.8 Å². The molecule has 3 aliphatic heterocycles. The van der Waals surface area contributed by atoms with Gasteiger partial charge in [0.25, 0.3) is 28.9 Å². The van der Waals surface area contributed by atoms with Crippen LogP contribution in [0.2, 0.25) is 0 Å². The van der Waals surface area contributed by atoms with Gasteiger partial charge in [0.1, 0.15) is 0 Å². The molecule has 3 heterocycles. The number of anilines is 1. The highest BCUT2D eigenvalue weighted by Crippen LogP contribution is 2.36. The Bertz CT molecular complexity index is 1670. The molecule has 0 atom stereocenters. The Morgan fingerprint density at radius 3 is 2.52 bits per heavy atom. The Hall–Kier alpha value is -4.90. The molecule has 3 aromatic carbocycles. The summed E-state index contributed by atoms with van der Waals surface area (Å²) in [4.78, 5) is 66.6. The van der Waals surface area contributed by atoms with Crippen LogP contribution in [0.1, 0.15) is 42.2 Å². The first-order valence-electron chi connectivity index (χ1n) is 12.3. The van der Waals surface area contributed by atoms with Crippen molar-refractivity contribution >= 4 is 52.4 Å². The van der Waals surface area contributed by atoms with Crippen LogP contribution in [0.15, 0.2) is 65.6 Å². The van der Waals surface area contributed by atoms with Gasteiger partial charge in [0, 0.05) is 18.7 Å². The third-order valence-electron chi connectivity index (χ3n) is 6.69. The third-order valence-corrected chi connectivity index (χ3v) is 7.60. The highest BCUT2D eigenvalue weighted by Gasteiger charge is 2.38. The van der Waals surface area contributed by atoms with Gasteiger partial charge in [0.2, 0.25) is 6.79 Å². The van der Waals surface area contributed by atoms with Crippen LogP contribution in [0.25, 0.3) is 6.08 Å². The maximum atomic E-state index is 13.1. The molecule has 5 amide bonds. The summed E-state index contributed by atoms with van der Waals surface area (Å²) >= 11 is 0.818. The zero-order valence-corrected chi connectivity index (χ0v) is 21.9. The summed E-state index contributed by atoms with van der Waals surface area (Å²) in [5.74, 6) is -0.731. The van der Waals surface area contributed by atoms with Crippen molar-refractivity contribution in [1.29, 1.82) is 0 Å². The number of fused-ring (bicyclic) bond motifs is 2. The molecule has 40 heavy (non-hydrogen) atoms. The van der Waals surface area contributed by atoms with E-state index in [-0.39, 0.29) is 41.5 Å². The monoisotopic (exact) mass is 555 g/mol. The first-order valence-corrected chi connectivity index (χ1v) is 13.1. The minimum absolute atomic E-state index is 0.00741. The largest absolute Gasteiger partial charge is 0.454 e. The molecular formula is C29H21N3O7S. The van der Waals surface area contributed by atoms with E-state index < -0.39 is 28.9 Å². The Labute approximate surface area is 232 Å². The number of thioether (sulfide) groups is 1. The van der Waals surface area contributed by atoms with E-state index in [1.54, 1.807) is 36.4 Å². The average molecular weight is 556 g/mol. The van der Waals surface area contributed by atoms with E-state index in [1.807, 2.05) is 19.1 Å². The van der Waals surface area contributed by atoms with E-state index in [4.69, 9.17) is 9.47 Å². The summed E-state index contributed by atoms with van der Waals surface area (Å²) < 4.78 is 10.6. The molecule has 10 nitrogen and oxygen atoms in total. The number of rotatable bonds is 6. The summed E-state index contributed by atoms with van der Waals surface area (Å²) in [6.45, 7) is 1.92. The fraction of sp³-hybridized carbons (Fsp3) is 0.138. The van der Waals surface area contributed by atoms with Crippen molar-refractivity contribution in [3.05, 3.63) is 93.4 Å². The normalized spacial score (nSPS) is 16.8. The molecule has 1 N–H and O–H groups in total. The third kappa shape index (κ3) is 4.39. The molecule has 0 bridgehead atoms. The number of amides is 5. The van der Waals surface area contributed by atoms with Gasteiger partial charge in [-0.1, -0.05) is 24.3 Å². The molecule has 11 heteroatoms. The summed E-state index contributed by atoms with van der Waals surface area (Å²) in [5, 5.41) is 2.23. The van der Waals surface area contributed by atoms with Gasteiger partial charge in [-0.2, -0.15) is 0 Å². The van der Waals surface area contributed by atoms with Crippen molar-refractivity contribution in [2.75, 3.05) is 24.8 Å². The summed E-state index contributed by atoms with van der Waals surface area (Å²) in [5.41, 5.74) is 2.49. The second-order valence-corrected chi connectivity index (χ2v) is 10.2. The highest BCUT2D eigenvalue weighted by atomic mass is 32.2. The number of para-hydroxylation sites is 1. The van der Waals surface area contributed by atoms with Crippen molar-refractivity contribution < 1.29 is 33.4 Å². The van der Waals surface area contributed by atoms with E-state index in [2.05, 4.69) is 5.32 Å². The Morgan fingerprint density at radius 2 is 1.70 bits per heavy atom. The molecule has 200 valence electrons. The van der Waals surface area contributed by atoms with Gasteiger partial charge >= 0.3 is 0 Å². The molecule has 0 aromatic heterocycles. The van der Waals surface area contributed by atoms with Crippen LogP contribution < -0.4 is 19.7 Å². The van der Waals surface area contributed by atoms with E-state index >= 15 is 0 Å². The molecular weight excluding hydrogens is 534 g/mol. The van der Waals surface area contributed by atoms with Crippen LogP contribution in [0.5, 0.6) is 11.5 Å². The Balaban J connectivity index is 1.10. The summed E-state index contributed by atoms with van der Waals surface area (Å²) in [6.07, 6.45) is 1.61. The van der Waals surface area contributed by atoms with Gasteiger partial charge in [0.05, 0.1) is 21.7 Å². The first kappa shape index (κ1) is 25.4. The zero-order valence-electron chi connectivity index (χ0n) is 21.1. The topological polar surface area (TPSA) is 122 Å². The molecule has 0 spiro atoms.